The highest BCUT2D eigenvalue weighted by Gasteiger charge is 2.28. The first-order chi connectivity index (χ1) is 13.4. The molecular weight excluding hydrogens is 358 g/mol. The van der Waals surface area contributed by atoms with E-state index in [2.05, 4.69) is 10.3 Å². The number of ether oxygens (including phenoxy) is 1. The van der Waals surface area contributed by atoms with E-state index in [0.29, 0.717) is 18.0 Å². The Hall–Kier alpha value is -3.22. The average molecular weight is 381 g/mol. The molecule has 2 heterocycles. The molecule has 2 aromatic rings. The molecule has 1 fully saturated rings. The van der Waals surface area contributed by atoms with Gasteiger partial charge in [-0.15, -0.1) is 0 Å². The summed E-state index contributed by atoms with van der Waals surface area (Å²) in [5.74, 6) is -0.0160. The molecule has 0 aliphatic carbocycles. The summed E-state index contributed by atoms with van der Waals surface area (Å²) in [6, 6.07) is 10.5. The Balaban J connectivity index is 1.60. The smallest absolute Gasteiger partial charge is 0.251 e. The summed E-state index contributed by atoms with van der Waals surface area (Å²) in [4.78, 5) is 41.3. The first-order valence-electron chi connectivity index (χ1n) is 9.25. The van der Waals surface area contributed by atoms with Gasteiger partial charge in [0.1, 0.15) is 0 Å². The van der Waals surface area contributed by atoms with Crippen LogP contribution in [0.1, 0.15) is 48.2 Å². The highest BCUT2D eigenvalue weighted by Crippen LogP contribution is 2.17. The van der Waals surface area contributed by atoms with Gasteiger partial charge in [-0.25, -0.2) is 4.98 Å². The monoisotopic (exact) mass is 381 g/mol. The van der Waals surface area contributed by atoms with Gasteiger partial charge in [-0.3, -0.25) is 19.3 Å². The van der Waals surface area contributed by atoms with Crippen molar-refractivity contribution in [1.82, 2.24) is 15.2 Å². The van der Waals surface area contributed by atoms with E-state index >= 15 is 0 Å². The molecule has 0 radical (unpaired) electrons. The second-order valence-electron chi connectivity index (χ2n) is 6.89. The van der Waals surface area contributed by atoms with Crippen molar-refractivity contribution in [3.63, 3.8) is 0 Å². The van der Waals surface area contributed by atoms with Crippen molar-refractivity contribution in [2.75, 3.05) is 0 Å². The molecule has 0 bridgehead atoms. The molecular formula is C21H23N3O4. The molecule has 1 aromatic heterocycles. The van der Waals surface area contributed by atoms with Crippen molar-refractivity contribution >= 4 is 17.7 Å². The van der Waals surface area contributed by atoms with Crippen LogP contribution in [0.4, 0.5) is 0 Å². The predicted octanol–water partition coefficient (Wildman–Crippen LogP) is 2.45. The van der Waals surface area contributed by atoms with Crippen LogP contribution in [-0.2, 0) is 22.7 Å². The maximum Gasteiger partial charge on any atom is 0.251 e. The second-order valence-corrected chi connectivity index (χ2v) is 6.89. The fourth-order valence-electron chi connectivity index (χ4n) is 2.91. The van der Waals surface area contributed by atoms with Crippen molar-refractivity contribution < 1.29 is 19.1 Å². The number of nitrogens with one attached hydrogen (secondary N) is 1. The molecule has 1 aliphatic heterocycles. The number of rotatable bonds is 7. The number of nitrogens with zero attached hydrogens (tertiary/aromatic N) is 2. The highest BCUT2D eigenvalue weighted by atomic mass is 16.5. The van der Waals surface area contributed by atoms with Crippen LogP contribution in [0, 0.1) is 0 Å². The lowest BCUT2D eigenvalue weighted by atomic mass is 10.1. The first kappa shape index (κ1) is 19.5. The van der Waals surface area contributed by atoms with E-state index in [9.17, 15) is 14.4 Å². The van der Waals surface area contributed by atoms with E-state index in [4.69, 9.17) is 4.74 Å². The SMILES string of the molecule is CC(C)Oc1ncccc1CNC(=O)c1ccc(CN2C(=O)CCC2=O)cc1. The number of likely N-dealkylation sites (tertiary alicyclic amines) is 1. The summed E-state index contributed by atoms with van der Waals surface area (Å²) in [6.45, 7) is 4.38. The number of aromatic nitrogens is 1. The maximum atomic E-state index is 12.4. The van der Waals surface area contributed by atoms with Gasteiger partial charge in [-0.2, -0.15) is 0 Å². The van der Waals surface area contributed by atoms with Crippen LogP contribution < -0.4 is 10.1 Å². The van der Waals surface area contributed by atoms with E-state index in [-0.39, 0.29) is 43.2 Å². The molecule has 1 saturated heterocycles. The average Bonchev–Trinajstić information content (AvgIpc) is 2.99. The second kappa shape index (κ2) is 8.65. The zero-order valence-corrected chi connectivity index (χ0v) is 16.0. The number of hydrogen-bond acceptors (Lipinski definition) is 5. The van der Waals surface area contributed by atoms with Crippen LogP contribution in [0.5, 0.6) is 5.88 Å². The minimum atomic E-state index is -0.223. The molecule has 7 nitrogen and oxygen atoms in total. The molecule has 7 heteroatoms. The number of carbonyl (C=O) groups is 3. The molecule has 1 aliphatic rings. The summed E-state index contributed by atoms with van der Waals surface area (Å²) in [7, 11) is 0. The summed E-state index contributed by atoms with van der Waals surface area (Å²) in [5.41, 5.74) is 2.10. The van der Waals surface area contributed by atoms with Crippen molar-refractivity contribution in [3.8, 4) is 5.88 Å². The Morgan fingerprint density at radius 1 is 1.14 bits per heavy atom. The molecule has 0 spiro atoms. The summed E-state index contributed by atoms with van der Waals surface area (Å²) < 4.78 is 5.66. The fourth-order valence-corrected chi connectivity index (χ4v) is 2.91. The molecule has 3 rings (SSSR count). The lowest BCUT2D eigenvalue weighted by Crippen LogP contribution is -2.28. The lowest BCUT2D eigenvalue weighted by molar-refractivity contribution is -0.139. The number of pyridine rings is 1. The van der Waals surface area contributed by atoms with Gasteiger partial charge in [0, 0.05) is 36.7 Å². The largest absolute Gasteiger partial charge is 0.475 e. The van der Waals surface area contributed by atoms with E-state index in [1.165, 1.54) is 4.90 Å². The highest BCUT2D eigenvalue weighted by molar-refractivity contribution is 6.01. The predicted molar refractivity (Wildman–Crippen MR) is 102 cm³/mol. The molecule has 1 N–H and O–H groups in total. The standard InChI is InChI=1S/C21H23N3O4/c1-14(2)28-21-17(4-3-11-22-21)12-23-20(27)16-7-5-15(6-8-16)13-24-18(25)9-10-19(24)26/h3-8,11,14H,9-10,12-13H2,1-2H3,(H,23,27). The Kier molecular flexibility index (Phi) is 6.03. The third-order valence-electron chi connectivity index (χ3n) is 4.35. The molecule has 3 amide bonds. The third kappa shape index (κ3) is 4.73. The minimum absolute atomic E-state index is 0.00809. The van der Waals surface area contributed by atoms with Gasteiger partial charge < -0.3 is 10.1 Å². The zero-order chi connectivity index (χ0) is 20.1. The van der Waals surface area contributed by atoms with E-state index in [0.717, 1.165) is 11.1 Å². The quantitative estimate of drug-likeness (QED) is 0.744. The number of carbonyl (C=O) groups excluding carboxylic acids is 3. The van der Waals surface area contributed by atoms with E-state index in [1.807, 2.05) is 19.9 Å². The molecule has 0 atom stereocenters. The Bertz CT molecular complexity index is 861. The number of amides is 3. The fraction of sp³-hybridized carbons (Fsp3) is 0.333. The number of benzene rings is 1. The van der Waals surface area contributed by atoms with Crippen LogP contribution in [0.3, 0.4) is 0 Å². The van der Waals surface area contributed by atoms with Crippen molar-refractivity contribution in [3.05, 3.63) is 59.3 Å². The summed E-state index contributed by atoms with van der Waals surface area (Å²) in [6.07, 6.45) is 2.19. The molecule has 0 saturated carbocycles. The zero-order valence-electron chi connectivity index (χ0n) is 16.0. The summed E-state index contributed by atoms with van der Waals surface area (Å²) >= 11 is 0. The molecule has 146 valence electrons. The van der Waals surface area contributed by atoms with E-state index in [1.54, 1.807) is 36.5 Å². The van der Waals surface area contributed by atoms with Crippen molar-refractivity contribution in [2.24, 2.45) is 0 Å². The Morgan fingerprint density at radius 2 is 1.82 bits per heavy atom. The van der Waals surface area contributed by atoms with Gasteiger partial charge in [0.15, 0.2) is 0 Å². The van der Waals surface area contributed by atoms with Gasteiger partial charge in [0.05, 0.1) is 12.6 Å². The number of imide groups is 1. The van der Waals surface area contributed by atoms with Crippen LogP contribution in [0.15, 0.2) is 42.6 Å². The van der Waals surface area contributed by atoms with Crippen LogP contribution in [-0.4, -0.2) is 33.7 Å². The van der Waals surface area contributed by atoms with Gasteiger partial charge in [-0.05, 0) is 37.6 Å². The van der Waals surface area contributed by atoms with E-state index < -0.39 is 0 Å². The Morgan fingerprint density at radius 3 is 2.46 bits per heavy atom. The van der Waals surface area contributed by atoms with Crippen LogP contribution >= 0.6 is 0 Å². The third-order valence-corrected chi connectivity index (χ3v) is 4.35. The lowest BCUT2D eigenvalue weighted by Gasteiger charge is -2.14. The van der Waals surface area contributed by atoms with Gasteiger partial charge >= 0.3 is 0 Å². The first-order valence-corrected chi connectivity index (χ1v) is 9.25. The van der Waals surface area contributed by atoms with Crippen LogP contribution in [0.25, 0.3) is 0 Å². The topological polar surface area (TPSA) is 88.6 Å². The van der Waals surface area contributed by atoms with Crippen molar-refractivity contribution in [1.29, 1.82) is 0 Å². The normalized spacial score (nSPS) is 13.9. The molecule has 28 heavy (non-hydrogen) atoms. The van der Waals surface area contributed by atoms with Gasteiger partial charge in [-0.1, -0.05) is 18.2 Å². The molecule has 0 unspecified atom stereocenters. The van der Waals surface area contributed by atoms with Crippen molar-refractivity contribution in [2.45, 2.75) is 45.9 Å². The Labute approximate surface area is 163 Å². The van der Waals surface area contributed by atoms with Gasteiger partial charge in [0.2, 0.25) is 17.7 Å². The maximum absolute atomic E-state index is 12.4. The number of hydrogen-bond donors (Lipinski definition) is 1. The minimum Gasteiger partial charge on any atom is -0.475 e. The summed E-state index contributed by atoms with van der Waals surface area (Å²) in [5, 5.41) is 2.86. The van der Waals surface area contributed by atoms with Crippen LogP contribution in [0.2, 0.25) is 0 Å². The molecule has 1 aromatic carbocycles. The van der Waals surface area contributed by atoms with Gasteiger partial charge in [0.25, 0.3) is 5.91 Å².